The molecule has 150 valence electrons. The third-order valence-electron chi connectivity index (χ3n) is 4.22. The first-order chi connectivity index (χ1) is 12.7. The van der Waals surface area contributed by atoms with Crippen molar-refractivity contribution in [3.8, 4) is 5.75 Å². The number of ether oxygens (including phenoxy) is 1. The first-order valence-electron chi connectivity index (χ1n) is 8.87. The largest absolute Gasteiger partial charge is 0.496 e. The van der Waals surface area contributed by atoms with Crippen LogP contribution in [0.3, 0.4) is 0 Å². The van der Waals surface area contributed by atoms with Gasteiger partial charge in [0.15, 0.2) is 5.96 Å². The van der Waals surface area contributed by atoms with Crippen LogP contribution in [0.1, 0.15) is 18.0 Å². The highest BCUT2D eigenvalue weighted by molar-refractivity contribution is 14.0. The summed E-state index contributed by atoms with van der Waals surface area (Å²) in [5.74, 6) is 1.70. The number of hydrogen-bond donors (Lipinski definition) is 2. The lowest BCUT2D eigenvalue weighted by Gasteiger charge is -2.27. The Morgan fingerprint density at radius 1 is 1.26 bits per heavy atom. The van der Waals surface area contributed by atoms with Crippen molar-refractivity contribution in [1.29, 1.82) is 0 Å². The van der Waals surface area contributed by atoms with Crippen LogP contribution < -0.4 is 15.4 Å². The minimum absolute atomic E-state index is 0. The number of methoxy groups -OCH3 is 1. The van der Waals surface area contributed by atoms with Crippen molar-refractivity contribution >= 4 is 29.9 Å². The molecule has 0 aliphatic carbocycles. The van der Waals surface area contributed by atoms with Crippen molar-refractivity contribution in [2.45, 2.75) is 19.0 Å². The third kappa shape index (κ3) is 7.37. The molecule has 0 aliphatic heterocycles. The van der Waals surface area contributed by atoms with Crippen LogP contribution in [0.15, 0.2) is 47.7 Å². The lowest BCUT2D eigenvalue weighted by atomic mass is 10.0. The van der Waals surface area contributed by atoms with Gasteiger partial charge in [-0.25, -0.2) is 0 Å². The van der Waals surface area contributed by atoms with Crippen LogP contribution in [0.25, 0.3) is 0 Å². The normalized spacial score (nSPS) is 12.4. The highest BCUT2D eigenvalue weighted by Gasteiger charge is 2.18. The van der Waals surface area contributed by atoms with E-state index in [1.807, 2.05) is 35.1 Å². The number of rotatable bonds is 9. The van der Waals surface area contributed by atoms with E-state index in [4.69, 9.17) is 4.74 Å². The smallest absolute Gasteiger partial charge is 0.191 e. The Morgan fingerprint density at radius 2 is 2.04 bits per heavy atom. The van der Waals surface area contributed by atoms with E-state index in [9.17, 15) is 0 Å². The second-order valence-electron chi connectivity index (χ2n) is 6.22. The van der Waals surface area contributed by atoms with Crippen molar-refractivity contribution in [2.24, 2.45) is 4.99 Å². The number of nitrogens with zero attached hydrogens (tertiary/aromatic N) is 4. The molecule has 0 amide bonds. The molecule has 2 rings (SSSR count). The fourth-order valence-electron chi connectivity index (χ4n) is 2.81. The van der Waals surface area contributed by atoms with Gasteiger partial charge < -0.3 is 20.3 Å². The monoisotopic (exact) mass is 486 g/mol. The van der Waals surface area contributed by atoms with Crippen LogP contribution in [-0.2, 0) is 6.54 Å². The molecule has 0 bridgehead atoms. The summed E-state index contributed by atoms with van der Waals surface area (Å²) >= 11 is 0. The number of nitrogens with one attached hydrogen (secondary N) is 2. The first kappa shape index (κ1) is 23.2. The Morgan fingerprint density at radius 3 is 2.67 bits per heavy atom. The number of aromatic nitrogens is 2. The molecule has 0 saturated heterocycles. The van der Waals surface area contributed by atoms with Crippen molar-refractivity contribution in [2.75, 3.05) is 41.3 Å². The molecular formula is C19H31IN6O. The molecule has 0 spiro atoms. The Labute approximate surface area is 179 Å². The van der Waals surface area contributed by atoms with E-state index in [0.717, 1.165) is 43.3 Å². The summed E-state index contributed by atoms with van der Waals surface area (Å²) in [5, 5.41) is 11.0. The van der Waals surface area contributed by atoms with Crippen LogP contribution in [0, 0.1) is 0 Å². The zero-order valence-corrected chi connectivity index (χ0v) is 18.9. The summed E-state index contributed by atoms with van der Waals surface area (Å²) in [6.45, 7) is 2.45. The summed E-state index contributed by atoms with van der Waals surface area (Å²) in [6.07, 6.45) is 4.75. The molecular weight excluding hydrogens is 455 g/mol. The third-order valence-corrected chi connectivity index (χ3v) is 4.22. The number of guanidine groups is 1. The highest BCUT2D eigenvalue weighted by Crippen LogP contribution is 2.27. The average Bonchev–Trinajstić information content (AvgIpc) is 3.17. The van der Waals surface area contributed by atoms with Crippen LogP contribution in [0.4, 0.5) is 0 Å². The summed E-state index contributed by atoms with van der Waals surface area (Å²) in [5.41, 5.74) is 1.15. The second-order valence-corrected chi connectivity index (χ2v) is 6.22. The van der Waals surface area contributed by atoms with Gasteiger partial charge in [0.25, 0.3) is 0 Å². The Bertz CT molecular complexity index is 675. The molecule has 8 heteroatoms. The Kier molecular flexibility index (Phi) is 10.8. The maximum absolute atomic E-state index is 5.52. The Balaban J connectivity index is 0.00000364. The maximum atomic E-state index is 5.52. The zero-order chi connectivity index (χ0) is 18.8. The molecule has 0 saturated carbocycles. The summed E-state index contributed by atoms with van der Waals surface area (Å²) in [7, 11) is 7.63. The molecule has 1 unspecified atom stereocenters. The van der Waals surface area contributed by atoms with Gasteiger partial charge in [0.05, 0.1) is 13.2 Å². The van der Waals surface area contributed by atoms with E-state index in [1.54, 1.807) is 20.4 Å². The van der Waals surface area contributed by atoms with Gasteiger partial charge in [-0.1, -0.05) is 18.2 Å². The lowest BCUT2D eigenvalue weighted by molar-refractivity contribution is 0.287. The number of aliphatic imine (C=N–C) groups is 1. The SMILES string of the molecule is CN=C(NCCCn1cccn1)NCC(c1ccccc1OC)N(C)C.I. The van der Waals surface area contributed by atoms with Gasteiger partial charge in [-0.2, -0.15) is 5.10 Å². The number of benzene rings is 1. The van der Waals surface area contributed by atoms with Crippen LogP contribution in [0.5, 0.6) is 5.75 Å². The molecule has 27 heavy (non-hydrogen) atoms. The van der Waals surface area contributed by atoms with Gasteiger partial charge in [0, 0.05) is 44.6 Å². The molecule has 1 aromatic heterocycles. The highest BCUT2D eigenvalue weighted by atomic mass is 127. The van der Waals surface area contributed by atoms with E-state index >= 15 is 0 Å². The van der Waals surface area contributed by atoms with Crippen LogP contribution >= 0.6 is 24.0 Å². The predicted molar refractivity (Wildman–Crippen MR) is 121 cm³/mol. The fraction of sp³-hybridized carbons (Fsp3) is 0.474. The summed E-state index contributed by atoms with van der Waals surface area (Å²) < 4.78 is 7.45. The summed E-state index contributed by atoms with van der Waals surface area (Å²) in [4.78, 5) is 6.49. The molecule has 2 N–H and O–H groups in total. The molecule has 1 heterocycles. The van der Waals surface area contributed by atoms with Crippen LogP contribution in [-0.4, -0.2) is 62.0 Å². The molecule has 1 aromatic carbocycles. The quantitative estimate of drug-likeness (QED) is 0.247. The Hall–Kier alpha value is -1.81. The maximum Gasteiger partial charge on any atom is 0.191 e. The predicted octanol–water partition coefficient (Wildman–Crippen LogP) is 2.37. The van der Waals surface area contributed by atoms with Crippen LogP contribution in [0.2, 0.25) is 0 Å². The van der Waals surface area contributed by atoms with E-state index in [-0.39, 0.29) is 30.0 Å². The van der Waals surface area contributed by atoms with Crippen molar-refractivity contribution in [1.82, 2.24) is 25.3 Å². The standard InChI is InChI=1S/C19H30N6O.HI/c1-20-19(21-11-7-13-25-14-8-12-23-25)22-15-17(24(2)3)16-9-5-6-10-18(16)26-4;/h5-6,8-10,12,14,17H,7,11,13,15H2,1-4H3,(H2,20,21,22);1H. The van der Waals surface area contributed by atoms with Gasteiger partial charge in [0.2, 0.25) is 0 Å². The van der Waals surface area contributed by atoms with Gasteiger partial charge in [-0.3, -0.25) is 9.67 Å². The average molecular weight is 486 g/mol. The number of halogens is 1. The number of aryl methyl sites for hydroxylation is 1. The number of likely N-dealkylation sites (N-methyl/N-ethyl adjacent to an activating group) is 1. The number of para-hydroxylation sites is 1. The van der Waals surface area contributed by atoms with Gasteiger partial charge in [0.1, 0.15) is 5.75 Å². The van der Waals surface area contributed by atoms with Crippen molar-refractivity contribution in [3.63, 3.8) is 0 Å². The van der Waals surface area contributed by atoms with Gasteiger partial charge in [-0.05, 0) is 32.6 Å². The minimum Gasteiger partial charge on any atom is -0.496 e. The van der Waals surface area contributed by atoms with E-state index in [2.05, 4.69) is 45.8 Å². The molecule has 0 aliphatic rings. The molecule has 7 nitrogen and oxygen atoms in total. The molecule has 0 fully saturated rings. The molecule has 0 radical (unpaired) electrons. The summed E-state index contributed by atoms with van der Waals surface area (Å²) in [6, 6.07) is 10.2. The second kappa shape index (κ2) is 12.6. The van der Waals surface area contributed by atoms with E-state index in [1.165, 1.54) is 0 Å². The van der Waals surface area contributed by atoms with E-state index < -0.39 is 0 Å². The topological polar surface area (TPSA) is 66.7 Å². The molecule has 1 atom stereocenters. The van der Waals surface area contributed by atoms with E-state index in [0.29, 0.717) is 0 Å². The zero-order valence-electron chi connectivity index (χ0n) is 16.6. The first-order valence-corrected chi connectivity index (χ1v) is 8.87. The molecule has 2 aromatic rings. The van der Waals surface area contributed by atoms with Crippen molar-refractivity contribution < 1.29 is 4.74 Å². The lowest BCUT2D eigenvalue weighted by Crippen LogP contribution is -2.42. The fourth-order valence-corrected chi connectivity index (χ4v) is 2.81. The van der Waals surface area contributed by atoms with Crippen molar-refractivity contribution in [3.05, 3.63) is 48.3 Å². The minimum atomic E-state index is 0. The van der Waals surface area contributed by atoms with Gasteiger partial charge in [-0.15, -0.1) is 24.0 Å². The number of hydrogen-bond acceptors (Lipinski definition) is 4. The van der Waals surface area contributed by atoms with Gasteiger partial charge >= 0.3 is 0 Å².